The quantitative estimate of drug-likeness (QED) is 0.758. The third-order valence-electron chi connectivity index (χ3n) is 1.91. The van der Waals surface area contributed by atoms with Crippen LogP contribution in [-0.4, -0.2) is 21.9 Å². The normalized spacial score (nSPS) is 12.6. The predicted molar refractivity (Wildman–Crippen MR) is 58.5 cm³/mol. The van der Waals surface area contributed by atoms with Crippen LogP contribution in [-0.2, 0) is 4.79 Å². The summed E-state index contributed by atoms with van der Waals surface area (Å²) >= 11 is 5.64. The average molecular weight is 229 g/mol. The lowest BCUT2D eigenvalue weighted by Gasteiger charge is -2.14. The molecule has 0 radical (unpaired) electrons. The first-order chi connectivity index (χ1) is 7.00. The van der Waals surface area contributed by atoms with E-state index in [9.17, 15) is 4.79 Å². The fourth-order valence-corrected chi connectivity index (χ4v) is 1.06. The molecule has 1 aromatic rings. The van der Waals surface area contributed by atoms with Gasteiger partial charge in [-0.05, 0) is 5.92 Å². The highest BCUT2D eigenvalue weighted by Gasteiger charge is 2.17. The second-order valence-electron chi connectivity index (χ2n) is 3.49. The number of hydrogen-bond donors (Lipinski definition) is 2. The van der Waals surface area contributed by atoms with Crippen molar-refractivity contribution in [3.63, 3.8) is 0 Å². The Morgan fingerprint density at radius 3 is 2.73 bits per heavy atom. The summed E-state index contributed by atoms with van der Waals surface area (Å²) in [7, 11) is 0. The summed E-state index contributed by atoms with van der Waals surface area (Å²) in [5.74, 6) is 0.151. The van der Waals surface area contributed by atoms with E-state index < -0.39 is 6.04 Å². The van der Waals surface area contributed by atoms with E-state index in [2.05, 4.69) is 15.3 Å². The molecule has 0 unspecified atom stereocenters. The fourth-order valence-electron chi connectivity index (χ4n) is 0.914. The molecule has 0 saturated heterocycles. The molecule has 0 aliphatic carbocycles. The number of rotatable bonds is 3. The molecule has 1 amide bonds. The molecule has 1 aromatic heterocycles. The molecule has 3 N–H and O–H groups in total. The predicted octanol–water partition coefficient (Wildman–Crippen LogP) is 1.05. The number of carbonyl (C=O) groups is 1. The van der Waals surface area contributed by atoms with Crippen LogP contribution < -0.4 is 11.1 Å². The van der Waals surface area contributed by atoms with Crippen molar-refractivity contribution in [1.82, 2.24) is 9.97 Å². The van der Waals surface area contributed by atoms with E-state index in [1.54, 1.807) is 0 Å². The molecule has 0 aliphatic heterocycles. The van der Waals surface area contributed by atoms with Gasteiger partial charge in [-0.1, -0.05) is 25.4 Å². The van der Waals surface area contributed by atoms with Crippen LogP contribution in [0.3, 0.4) is 0 Å². The van der Waals surface area contributed by atoms with Crippen molar-refractivity contribution in [2.75, 3.05) is 5.32 Å². The van der Waals surface area contributed by atoms with E-state index in [1.165, 1.54) is 12.4 Å². The lowest BCUT2D eigenvalue weighted by atomic mass is 10.1. The second-order valence-corrected chi connectivity index (χ2v) is 3.87. The third-order valence-corrected chi connectivity index (χ3v) is 2.11. The minimum Gasteiger partial charge on any atom is -0.320 e. The van der Waals surface area contributed by atoms with Crippen molar-refractivity contribution in [3.8, 4) is 0 Å². The SMILES string of the molecule is CC(C)[C@H](N)C(=O)Nc1cc(Cl)ncn1. The first kappa shape index (κ1) is 11.9. The molecule has 0 saturated carbocycles. The summed E-state index contributed by atoms with van der Waals surface area (Å²) in [6.45, 7) is 3.74. The molecule has 15 heavy (non-hydrogen) atoms. The topological polar surface area (TPSA) is 80.9 Å². The van der Waals surface area contributed by atoms with Gasteiger partial charge < -0.3 is 11.1 Å². The lowest BCUT2D eigenvalue weighted by molar-refractivity contribution is -0.118. The lowest BCUT2D eigenvalue weighted by Crippen LogP contribution is -2.39. The maximum atomic E-state index is 11.5. The van der Waals surface area contributed by atoms with E-state index in [4.69, 9.17) is 17.3 Å². The first-order valence-electron chi connectivity index (χ1n) is 4.54. The highest BCUT2D eigenvalue weighted by atomic mass is 35.5. The fraction of sp³-hybridized carbons (Fsp3) is 0.444. The Kier molecular flexibility index (Phi) is 3.99. The van der Waals surface area contributed by atoms with Crippen molar-refractivity contribution in [1.29, 1.82) is 0 Å². The summed E-state index contributed by atoms with van der Waals surface area (Å²) in [6, 6.07) is 0.908. The molecule has 0 aromatic carbocycles. The van der Waals surface area contributed by atoms with E-state index in [-0.39, 0.29) is 17.0 Å². The monoisotopic (exact) mass is 228 g/mol. The number of aromatic nitrogens is 2. The van der Waals surface area contributed by atoms with Gasteiger partial charge in [-0.15, -0.1) is 0 Å². The number of carbonyl (C=O) groups excluding carboxylic acids is 1. The highest BCUT2D eigenvalue weighted by molar-refractivity contribution is 6.29. The van der Waals surface area contributed by atoms with Crippen LogP contribution in [0.15, 0.2) is 12.4 Å². The van der Waals surface area contributed by atoms with Crippen LogP contribution in [0.2, 0.25) is 5.15 Å². The minimum atomic E-state index is -0.557. The smallest absolute Gasteiger partial charge is 0.242 e. The Morgan fingerprint density at radius 2 is 2.20 bits per heavy atom. The number of nitrogens with two attached hydrogens (primary N) is 1. The number of nitrogens with zero attached hydrogens (tertiary/aromatic N) is 2. The number of anilines is 1. The highest BCUT2D eigenvalue weighted by Crippen LogP contribution is 2.09. The Hall–Kier alpha value is -1.20. The molecule has 82 valence electrons. The first-order valence-corrected chi connectivity index (χ1v) is 4.92. The zero-order chi connectivity index (χ0) is 11.4. The van der Waals surface area contributed by atoms with Gasteiger partial charge in [0.15, 0.2) is 0 Å². The van der Waals surface area contributed by atoms with Crippen LogP contribution in [0.1, 0.15) is 13.8 Å². The van der Waals surface area contributed by atoms with Crippen LogP contribution in [0.4, 0.5) is 5.82 Å². The second kappa shape index (κ2) is 5.04. The van der Waals surface area contributed by atoms with Crippen molar-refractivity contribution in [2.45, 2.75) is 19.9 Å². The minimum absolute atomic E-state index is 0.0716. The van der Waals surface area contributed by atoms with Crippen LogP contribution in [0, 0.1) is 5.92 Å². The molecule has 1 rings (SSSR count). The Morgan fingerprint density at radius 1 is 1.53 bits per heavy atom. The number of nitrogens with one attached hydrogen (secondary N) is 1. The largest absolute Gasteiger partial charge is 0.320 e. The van der Waals surface area contributed by atoms with Crippen LogP contribution >= 0.6 is 11.6 Å². The van der Waals surface area contributed by atoms with E-state index in [0.717, 1.165) is 0 Å². The molecule has 1 heterocycles. The Bertz CT molecular complexity index is 356. The van der Waals surface area contributed by atoms with Gasteiger partial charge >= 0.3 is 0 Å². The van der Waals surface area contributed by atoms with Gasteiger partial charge in [0.05, 0.1) is 6.04 Å². The van der Waals surface area contributed by atoms with E-state index in [1.807, 2.05) is 13.8 Å². The zero-order valence-corrected chi connectivity index (χ0v) is 9.32. The summed E-state index contributed by atoms with van der Waals surface area (Å²) < 4.78 is 0. The molecule has 0 bridgehead atoms. The van der Waals surface area contributed by atoms with Crippen LogP contribution in [0.25, 0.3) is 0 Å². The molecule has 6 heteroatoms. The maximum Gasteiger partial charge on any atom is 0.242 e. The summed E-state index contributed by atoms with van der Waals surface area (Å²) in [5, 5.41) is 2.84. The summed E-state index contributed by atoms with van der Waals surface area (Å²) in [6.07, 6.45) is 1.28. The van der Waals surface area contributed by atoms with Gasteiger partial charge in [0.25, 0.3) is 0 Å². The third kappa shape index (κ3) is 3.45. The number of halogens is 1. The van der Waals surface area contributed by atoms with Crippen LogP contribution in [0.5, 0.6) is 0 Å². The zero-order valence-electron chi connectivity index (χ0n) is 8.57. The summed E-state index contributed by atoms with van der Waals surface area (Å²) in [4.78, 5) is 19.1. The molecule has 1 atom stereocenters. The van der Waals surface area contributed by atoms with Crippen molar-refractivity contribution < 1.29 is 4.79 Å². The van der Waals surface area contributed by atoms with E-state index >= 15 is 0 Å². The van der Waals surface area contributed by atoms with Gasteiger partial charge in [0, 0.05) is 6.07 Å². The Labute approximate surface area is 93.0 Å². The van der Waals surface area contributed by atoms with Gasteiger partial charge in [-0.3, -0.25) is 4.79 Å². The standard InChI is InChI=1S/C9H13ClN4O/c1-5(2)8(11)9(15)14-7-3-6(10)12-4-13-7/h3-5,8H,11H2,1-2H3,(H,12,13,14,15)/t8-/m0/s1. The molecular formula is C9H13ClN4O. The van der Waals surface area contributed by atoms with Crippen molar-refractivity contribution in [2.24, 2.45) is 11.7 Å². The average Bonchev–Trinajstić information content (AvgIpc) is 2.16. The maximum absolute atomic E-state index is 11.5. The number of hydrogen-bond acceptors (Lipinski definition) is 4. The van der Waals surface area contributed by atoms with Gasteiger partial charge in [0.1, 0.15) is 17.3 Å². The van der Waals surface area contributed by atoms with Gasteiger partial charge in [0.2, 0.25) is 5.91 Å². The Balaban J connectivity index is 2.66. The van der Waals surface area contributed by atoms with Crippen molar-refractivity contribution >= 4 is 23.3 Å². The number of amides is 1. The van der Waals surface area contributed by atoms with Gasteiger partial charge in [-0.2, -0.15) is 0 Å². The molecule has 0 fully saturated rings. The van der Waals surface area contributed by atoms with Crippen molar-refractivity contribution in [3.05, 3.63) is 17.5 Å². The summed E-state index contributed by atoms with van der Waals surface area (Å²) in [5.41, 5.74) is 5.66. The molecule has 0 aliphatic rings. The molecule has 5 nitrogen and oxygen atoms in total. The molecular weight excluding hydrogens is 216 g/mol. The van der Waals surface area contributed by atoms with E-state index in [0.29, 0.717) is 5.82 Å². The molecule has 0 spiro atoms. The van der Waals surface area contributed by atoms with Gasteiger partial charge in [-0.25, -0.2) is 9.97 Å².